The first-order valence-electron chi connectivity index (χ1n) is 8.15. The van der Waals surface area contributed by atoms with E-state index in [0.29, 0.717) is 17.3 Å². The largest absolute Gasteiger partial charge is 0.398 e. The van der Waals surface area contributed by atoms with E-state index in [4.69, 9.17) is 26.8 Å². The fourth-order valence-electron chi connectivity index (χ4n) is 5.25. The van der Waals surface area contributed by atoms with Crippen molar-refractivity contribution in [2.75, 3.05) is 17.2 Å². The number of anilines is 2. The summed E-state index contributed by atoms with van der Waals surface area (Å²) in [5.41, 5.74) is 6.52. The van der Waals surface area contributed by atoms with Gasteiger partial charge in [-0.3, -0.25) is 9.69 Å². The minimum Gasteiger partial charge on any atom is -0.398 e. The molecular weight excluding hydrogens is 316 g/mol. The minimum absolute atomic E-state index is 0.0896. The van der Waals surface area contributed by atoms with Crippen LogP contribution in [0.25, 0.3) is 0 Å². The zero-order valence-corrected chi connectivity index (χ0v) is 13.7. The molecule has 0 aromatic heterocycles. The van der Waals surface area contributed by atoms with Crippen molar-refractivity contribution in [3.8, 4) is 0 Å². The Bertz CT molecular complexity index is 722. The second kappa shape index (κ2) is 4.21. The maximum Gasteiger partial charge on any atom is 0.235 e. The lowest BCUT2D eigenvalue weighted by Gasteiger charge is -2.41. The van der Waals surface area contributed by atoms with Crippen molar-refractivity contribution in [2.24, 2.45) is 11.8 Å². The molecule has 1 aromatic rings. The number of carbonyl (C=O) groups is 1. The summed E-state index contributed by atoms with van der Waals surface area (Å²) >= 11 is 6.16. The first-order valence-corrected chi connectivity index (χ1v) is 8.53. The van der Waals surface area contributed by atoms with Crippen LogP contribution in [0.15, 0.2) is 18.2 Å². The zero-order valence-electron chi connectivity index (χ0n) is 12.9. The molecule has 4 fully saturated rings. The monoisotopic (exact) mass is 334 g/mol. The van der Waals surface area contributed by atoms with Crippen molar-refractivity contribution in [1.29, 1.82) is 0 Å². The van der Waals surface area contributed by atoms with Gasteiger partial charge in [0.1, 0.15) is 6.23 Å². The molecule has 0 saturated carbocycles. The molecular formula is C17H19ClN2O3. The molecule has 2 bridgehead atoms. The predicted octanol–water partition coefficient (Wildman–Crippen LogP) is 2.57. The standard InChI is InChI=1S/C17H19ClN2O3/c1-16-4-5-17(23-16)6-7-22-15-13(17)12(16)14(21)20(15)9-2-3-11(19)10(18)8-9/h2-3,8,12-13,15H,4-7,19H2,1H3. The second-order valence-electron chi connectivity index (χ2n) is 7.41. The molecule has 5 nitrogen and oxygen atoms in total. The number of hydrogen-bond donors (Lipinski definition) is 1. The van der Waals surface area contributed by atoms with E-state index in [-0.39, 0.29) is 35.2 Å². The van der Waals surface area contributed by atoms with Gasteiger partial charge in [-0.05, 0) is 38.0 Å². The first kappa shape index (κ1) is 14.1. The SMILES string of the molecule is CC12CCC3(CCOC4C3C1C(=O)N4c1ccc(N)c(Cl)c1)O2. The summed E-state index contributed by atoms with van der Waals surface area (Å²) in [6, 6.07) is 5.34. The number of amides is 1. The van der Waals surface area contributed by atoms with Crippen LogP contribution in [-0.2, 0) is 14.3 Å². The van der Waals surface area contributed by atoms with Gasteiger partial charge in [-0.25, -0.2) is 0 Å². The summed E-state index contributed by atoms with van der Waals surface area (Å²) in [5.74, 6) is 0.0727. The van der Waals surface area contributed by atoms with Crippen molar-refractivity contribution in [3.63, 3.8) is 0 Å². The topological polar surface area (TPSA) is 64.8 Å². The van der Waals surface area contributed by atoms with Crippen LogP contribution in [0, 0.1) is 11.8 Å². The molecule has 122 valence electrons. The predicted molar refractivity (Wildman–Crippen MR) is 86.1 cm³/mol. The fourth-order valence-corrected chi connectivity index (χ4v) is 5.43. The lowest BCUT2D eigenvalue weighted by atomic mass is 9.66. The summed E-state index contributed by atoms with van der Waals surface area (Å²) in [4.78, 5) is 15.0. The summed E-state index contributed by atoms with van der Waals surface area (Å²) in [6.07, 6.45) is 2.59. The molecule has 1 amide bonds. The lowest BCUT2D eigenvalue weighted by molar-refractivity contribution is -0.139. The zero-order chi connectivity index (χ0) is 16.0. The van der Waals surface area contributed by atoms with Crippen molar-refractivity contribution < 1.29 is 14.3 Å². The van der Waals surface area contributed by atoms with Gasteiger partial charge in [-0.2, -0.15) is 0 Å². The number of hydrogen-bond acceptors (Lipinski definition) is 4. The van der Waals surface area contributed by atoms with E-state index >= 15 is 0 Å². The van der Waals surface area contributed by atoms with Crippen LogP contribution in [0.4, 0.5) is 11.4 Å². The third-order valence-electron chi connectivity index (χ3n) is 6.25. The molecule has 2 N–H and O–H groups in total. The molecule has 5 rings (SSSR count). The van der Waals surface area contributed by atoms with Gasteiger partial charge in [-0.1, -0.05) is 11.6 Å². The molecule has 0 radical (unpaired) electrons. The van der Waals surface area contributed by atoms with E-state index in [2.05, 4.69) is 6.92 Å². The molecule has 5 atom stereocenters. The molecule has 4 saturated heterocycles. The quantitative estimate of drug-likeness (QED) is 0.802. The van der Waals surface area contributed by atoms with Crippen LogP contribution in [0.5, 0.6) is 0 Å². The van der Waals surface area contributed by atoms with E-state index in [0.717, 1.165) is 24.9 Å². The van der Waals surface area contributed by atoms with Crippen LogP contribution >= 0.6 is 11.6 Å². The van der Waals surface area contributed by atoms with Gasteiger partial charge in [0.2, 0.25) is 5.91 Å². The average Bonchev–Trinajstić information content (AvgIpc) is 3.09. The third-order valence-corrected chi connectivity index (χ3v) is 6.57. The van der Waals surface area contributed by atoms with Gasteiger partial charge in [0.25, 0.3) is 0 Å². The number of nitrogens with zero attached hydrogens (tertiary/aromatic N) is 1. The maximum absolute atomic E-state index is 13.2. The Morgan fingerprint density at radius 2 is 2.17 bits per heavy atom. The molecule has 1 spiro atoms. The molecule has 4 aliphatic heterocycles. The van der Waals surface area contributed by atoms with Crippen molar-refractivity contribution >= 4 is 28.9 Å². The second-order valence-corrected chi connectivity index (χ2v) is 7.82. The maximum atomic E-state index is 13.2. The average molecular weight is 335 g/mol. The normalized spacial score (nSPS) is 44.0. The number of rotatable bonds is 1. The fraction of sp³-hybridized carbons (Fsp3) is 0.588. The Kier molecular flexibility index (Phi) is 2.57. The molecule has 4 heterocycles. The van der Waals surface area contributed by atoms with Gasteiger partial charge in [-0.15, -0.1) is 0 Å². The highest BCUT2D eigenvalue weighted by Gasteiger charge is 2.75. The highest BCUT2D eigenvalue weighted by atomic mass is 35.5. The number of ether oxygens (including phenoxy) is 2. The van der Waals surface area contributed by atoms with Crippen LogP contribution in [0.2, 0.25) is 5.02 Å². The molecule has 4 aliphatic rings. The Balaban J connectivity index is 1.63. The number of nitrogens with two attached hydrogens (primary N) is 1. The van der Waals surface area contributed by atoms with E-state index < -0.39 is 0 Å². The van der Waals surface area contributed by atoms with Gasteiger partial charge < -0.3 is 15.2 Å². The third kappa shape index (κ3) is 1.58. The summed E-state index contributed by atoms with van der Waals surface area (Å²) in [5, 5.41) is 0.461. The number of halogens is 1. The van der Waals surface area contributed by atoms with Crippen molar-refractivity contribution in [2.45, 2.75) is 43.6 Å². The first-order chi connectivity index (χ1) is 11.0. The Morgan fingerprint density at radius 1 is 1.35 bits per heavy atom. The van der Waals surface area contributed by atoms with Crippen molar-refractivity contribution in [3.05, 3.63) is 23.2 Å². The van der Waals surface area contributed by atoms with Crippen molar-refractivity contribution in [1.82, 2.24) is 0 Å². The van der Waals surface area contributed by atoms with Crippen LogP contribution in [0.1, 0.15) is 26.2 Å². The van der Waals surface area contributed by atoms with E-state index in [1.165, 1.54) is 0 Å². The molecule has 23 heavy (non-hydrogen) atoms. The minimum atomic E-state index is -0.361. The van der Waals surface area contributed by atoms with Crippen LogP contribution in [-0.4, -0.2) is 29.9 Å². The Labute approximate surface area is 139 Å². The number of fused-ring (bicyclic) bond motifs is 2. The number of nitrogen functional groups attached to an aromatic ring is 1. The molecule has 5 unspecified atom stereocenters. The smallest absolute Gasteiger partial charge is 0.235 e. The molecule has 1 aromatic carbocycles. The number of benzene rings is 1. The van der Waals surface area contributed by atoms with E-state index in [9.17, 15) is 4.79 Å². The molecule has 6 heteroatoms. The highest BCUT2D eigenvalue weighted by molar-refractivity contribution is 6.33. The summed E-state index contributed by atoms with van der Waals surface area (Å²) in [7, 11) is 0. The van der Waals surface area contributed by atoms with Gasteiger partial charge in [0, 0.05) is 18.0 Å². The van der Waals surface area contributed by atoms with E-state index in [1.807, 2.05) is 6.07 Å². The summed E-state index contributed by atoms with van der Waals surface area (Å²) in [6.45, 7) is 2.70. The Hall–Kier alpha value is -1.30. The lowest BCUT2D eigenvalue weighted by Crippen LogP contribution is -2.51. The number of carbonyl (C=O) groups excluding carboxylic acids is 1. The Morgan fingerprint density at radius 3 is 2.96 bits per heavy atom. The van der Waals surface area contributed by atoms with Gasteiger partial charge in [0.05, 0.1) is 34.4 Å². The van der Waals surface area contributed by atoms with Crippen LogP contribution in [0.3, 0.4) is 0 Å². The van der Waals surface area contributed by atoms with Gasteiger partial charge in [0.15, 0.2) is 0 Å². The van der Waals surface area contributed by atoms with Gasteiger partial charge >= 0.3 is 0 Å². The molecule has 0 aliphatic carbocycles. The van der Waals surface area contributed by atoms with E-state index in [1.54, 1.807) is 17.0 Å². The summed E-state index contributed by atoms with van der Waals surface area (Å²) < 4.78 is 12.4. The highest BCUT2D eigenvalue weighted by Crippen LogP contribution is 2.65. The van der Waals surface area contributed by atoms with Crippen LogP contribution < -0.4 is 10.6 Å².